The van der Waals surface area contributed by atoms with Crippen molar-refractivity contribution in [3.8, 4) is 5.75 Å². The zero-order valence-electron chi connectivity index (χ0n) is 19.5. The van der Waals surface area contributed by atoms with E-state index in [2.05, 4.69) is 92.4 Å². The Bertz CT molecular complexity index is 997. The summed E-state index contributed by atoms with van der Waals surface area (Å²) in [5.41, 5.74) is 4.72. The maximum atomic E-state index is 10.6. The van der Waals surface area contributed by atoms with Gasteiger partial charge in [-0.15, -0.1) is 49.6 Å². The summed E-state index contributed by atoms with van der Waals surface area (Å²) in [6.07, 6.45) is 0. The molecule has 9 heteroatoms. The first-order chi connectivity index (χ1) is 15.3. The van der Waals surface area contributed by atoms with Crippen molar-refractivity contribution in [1.29, 1.82) is 0 Å². The molecule has 3 aromatic rings. The molecular weight excluding hydrogens is 526 g/mol. The molecule has 1 N–H and O–H groups in total. The summed E-state index contributed by atoms with van der Waals surface area (Å²) in [6, 6.07) is 27.3. The number of anilines is 4. The van der Waals surface area contributed by atoms with Crippen LogP contribution in [0.25, 0.3) is 0 Å². The lowest BCUT2D eigenvalue weighted by atomic mass is 10.1. The summed E-state index contributed by atoms with van der Waals surface area (Å²) in [5.74, 6) is 0.375. The fourth-order valence-electron chi connectivity index (χ4n) is 4.67. The van der Waals surface area contributed by atoms with Gasteiger partial charge in [0.1, 0.15) is 5.75 Å². The molecule has 0 bridgehead atoms. The number of hydrogen-bond donors (Lipinski definition) is 1. The van der Waals surface area contributed by atoms with E-state index in [4.69, 9.17) is 0 Å². The first kappa shape index (κ1) is 30.9. The topological polar surface area (TPSA) is 33.2 Å². The zero-order chi connectivity index (χ0) is 21.0. The van der Waals surface area contributed by atoms with Crippen molar-refractivity contribution in [2.45, 2.75) is 0 Å². The standard InChI is InChI=1S/C26H30N4O.4ClH/c31-26-12-11-24(29-15-13-27(14-16-29)22-7-3-1-4-8-22)21-25(26)30-19-17-28(18-20-30)23-9-5-2-6-10-23;;;;/h1-12,21,31H,13-20H2;4*1H. The first-order valence-electron chi connectivity index (χ1n) is 11.2. The predicted octanol–water partition coefficient (Wildman–Crippen LogP) is 5.73. The van der Waals surface area contributed by atoms with E-state index < -0.39 is 0 Å². The monoisotopic (exact) mass is 558 g/mol. The van der Waals surface area contributed by atoms with Gasteiger partial charge in [0.25, 0.3) is 0 Å². The summed E-state index contributed by atoms with van der Waals surface area (Å²) in [5, 5.41) is 10.6. The van der Waals surface area contributed by atoms with E-state index in [0.29, 0.717) is 5.75 Å². The number of para-hydroxylation sites is 2. The lowest BCUT2D eigenvalue weighted by Crippen LogP contribution is -2.47. The fourth-order valence-corrected chi connectivity index (χ4v) is 4.67. The zero-order valence-corrected chi connectivity index (χ0v) is 22.8. The predicted molar refractivity (Wildman–Crippen MR) is 159 cm³/mol. The normalized spacial score (nSPS) is 15.2. The molecule has 5 nitrogen and oxygen atoms in total. The molecule has 3 aromatic carbocycles. The van der Waals surface area contributed by atoms with Gasteiger partial charge >= 0.3 is 0 Å². The van der Waals surface area contributed by atoms with Crippen LogP contribution in [-0.2, 0) is 0 Å². The Balaban J connectivity index is 0.00000153. The number of piperazine rings is 2. The molecule has 5 rings (SSSR count). The van der Waals surface area contributed by atoms with Gasteiger partial charge in [0.05, 0.1) is 5.69 Å². The third kappa shape index (κ3) is 7.17. The molecule has 0 unspecified atom stereocenters. The highest BCUT2D eigenvalue weighted by molar-refractivity contribution is 5.86. The van der Waals surface area contributed by atoms with Crippen LogP contribution in [0.5, 0.6) is 5.75 Å². The fraction of sp³-hybridized carbons (Fsp3) is 0.308. The van der Waals surface area contributed by atoms with Crippen LogP contribution in [-0.4, -0.2) is 57.5 Å². The Morgan fingerprint density at radius 1 is 0.429 bits per heavy atom. The lowest BCUT2D eigenvalue weighted by molar-refractivity contribution is 0.472. The van der Waals surface area contributed by atoms with E-state index in [1.807, 2.05) is 6.07 Å². The number of phenols is 1. The van der Waals surface area contributed by atoms with Crippen molar-refractivity contribution < 1.29 is 5.11 Å². The second-order valence-electron chi connectivity index (χ2n) is 8.29. The Kier molecular flexibility index (Phi) is 12.7. The van der Waals surface area contributed by atoms with Crippen LogP contribution < -0.4 is 19.6 Å². The van der Waals surface area contributed by atoms with Crippen LogP contribution in [0.4, 0.5) is 22.7 Å². The third-order valence-electron chi connectivity index (χ3n) is 6.47. The number of benzene rings is 3. The molecule has 0 spiro atoms. The van der Waals surface area contributed by atoms with Gasteiger partial charge in [0.15, 0.2) is 0 Å². The molecule has 0 amide bonds. The van der Waals surface area contributed by atoms with Crippen LogP contribution in [0.1, 0.15) is 0 Å². The first-order valence-corrected chi connectivity index (χ1v) is 11.2. The molecule has 2 aliphatic rings. The van der Waals surface area contributed by atoms with Crippen molar-refractivity contribution in [2.24, 2.45) is 0 Å². The van der Waals surface area contributed by atoms with Gasteiger partial charge in [0, 0.05) is 69.4 Å². The highest BCUT2D eigenvalue weighted by Gasteiger charge is 2.22. The summed E-state index contributed by atoms with van der Waals surface area (Å²) < 4.78 is 0. The van der Waals surface area contributed by atoms with Gasteiger partial charge in [-0.25, -0.2) is 0 Å². The molecule has 2 saturated heterocycles. The summed E-state index contributed by atoms with van der Waals surface area (Å²) in [6.45, 7) is 7.74. The molecule has 192 valence electrons. The van der Waals surface area contributed by atoms with Crippen LogP contribution >= 0.6 is 49.6 Å². The van der Waals surface area contributed by atoms with Gasteiger partial charge in [-0.2, -0.15) is 0 Å². The van der Waals surface area contributed by atoms with Gasteiger partial charge in [-0.1, -0.05) is 36.4 Å². The molecule has 2 fully saturated rings. The van der Waals surface area contributed by atoms with Gasteiger partial charge in [-0.05, 0) is 42.5 Å². The smallest absolute Gasteiger partial charge is 0.139 e. The number of halogens is 4. The summed E-state index contributed by atoms with van der Waals surface area (Å²) >= 11 is 0. The molecule has 35 heavy (non-hydrogen) atoms. The van der Waals surface area contributed by atoms with Crippen molar-refractivity contribution in [1.82, 2.24) is 0 Å². The minimum Gasteiger partial charge on any atom is -0.506 e. The second-order valence-corrected chi connectivity index (χ2v) is 8.29. The molecule has 0 radical (unpaired) electrons. The highest BCUT2D eigenvalue weighted by Crippen LogP contribution is 2.33. The Morgan fingerprint density at radius 2 is 0.800 bits per heavy atom. The summed E-state index contributed by atoms with van der Waals surface area (Å²) in [7, 11) is 0. The molecule has 0 saturated carbocycles. The van der Waals surface area contributed by atoms with Crippen LogP contribution in [0, 0.1) is 0 Å². The minimum atomic E-state index is 0. The molecule has 0 aromatic heterocycles. The maximum absolute atomic E-state index is 10.6. The van der Waals surface area contributed by atoms with Gasteiger partial charge < -0.3 is 24.7 Å². The number of hydrogen-bond acceptors (Lipinski definition) is 5. The van der Waals surface area contributed by atoms with Crippen molar-refractivity contribution >= 4 is 72.4 Å². The van der Waals surface area contributed by atoms with Crippen LogP contribution in [0.2, 0.25) is 0 Å². The van der Waals surface area contributed by atoms with Crippen molar-refractivity contribution in [3.05, 3.63) is 78.9 Å². The van der Waals surface area contributed by atoms with Gasteiger partial charge in [0.2, 0.25) is 0 Å². The van der Waals surface area contributed by atoms with Crippen molar-refractivity contribution in [2.75, 3.05) is 72.0 Å². The van der Waals surface area contributed by atoms with E-state index in [9.17, 15) is 5.11 Å². The Hall–Kier alpha value is -2.18. The molecule has 0 atom stereocenters. The quantitative estimate of drug-likeness (QED) is 0.441. The molecule has 0 aliphatic carbocycles. The van der Waals surface area contributed by atoms with E-state index in [1.54, 1.807) is 0 Å². The largest absolute Gasteiger partial charge is 0.506 e. The number of nitrogens with zero attached hydrogens (tertiary/aromatic N) is 4. The lowest BCUT2D eigenvalue weighted by Gasteiger charge is -2.39. The maximum Gasteiger partial charge on any atom is 0.139 e. The highest BCUT2D eigenvalue weighted by atomic mass is 35.5. The van der Waals surface area contributed by atoms with Crippen LogP contribution in [0.15, 0.2) is 78.9 Å². The van der Waals surface area contributed by atoms with E-state index in [-0.39, 0.29) is 49.6 Å². The number of rotatable bonds is 4. The average molecular weight is 560 g/mol. The number of aromatic hydroxyl groups is 1. The van der Waals surface area contributed by atoms with Gasteiger partial charge in [-0.3, -0.25) is 0 Å². The Labute approximate surface area is 233 Å². The second kappa shape index (κ2) is 14.4. The molecule has 2 heterocycles. The van der Waals surface area contributed by atoms with E-state index in [1.165, 1.54) is 17.1 Å². The molecule has 2 aliphatic heterocycles. The molecular formula is C26H34Cl4N4O. The average Bonchev–Trinajstić information content (AvgIpc) is 2.86. The van der Waals surface area contributed by atoms with E-state index >= 15 is 0 Å². The Morgan fingerprint density at radius 3 is 1.23 bits per heavy atom. The minimum absolute atomic E-state index is 0. The van der Waals surface area contributed by atoms with Crippen LogP contribution in [0.3, 0.4) is 0 Å². The van der Waals surface area contributed by atoms with Crippen molar-refractivity contribution in [3.63, 3.8) is 0 Å². The summed E-state index contributed by atoms with van der Waals surface area (Å²) in [4.78, 5) is 9.61. The SMILES string of the molecule is Cl.Cl.Cl.Cl.Oc1ccc(N2CCN(c3ccccc3)CC2)cc1N1CCN(c2ccccc2)CC1. The van der Waals surface area contributed by atoms with E-state index in [0.717, 1.165) is 58.0 Å². The third-order valence-corrected chi connectivity index (χ3v) is 6.47. The number of phenolic OH excluding ortho intramolecular Hbond substituents is 1.